The second-order valence-electron chi connectivity index (χ2n) is 7.49. The Hall–Kier alpha value is -2.42. The number of hydrogen-bond donors (Lipinski definition) is 1. The SMILES string of the molecule is CC(C(=O)NCc1ccc(CN2CCOCC2)cc1)N(c1ccccc1)S(C)(=O)=O. The quantitative estimate of drug-likeness (QED) is 0.692. The highest BCUT2D eigenvalue weighted by atomic mass is 32.2. The minimum atomic E-state index is -3.61. The average Bonchev–Trinajstić information content (AvgIpc) is 2.73. The lowest BCUT2D eigenvalue weighted by Crippen LogP contribution is -2.47. The average molecular weight is 432 g/mol. The van der Waals surface area contributed by atoms with Gasteiger partial charge in [-0.1, -0.05) is 42.5 Å². The molecule has 0 aromatic heterocycles. The van der Waals surface area contributed by atoms with Gasteiger partial charge in [0.05, 0.1) is 25.2 Å². The molecule has 0 aliphatic carbocycles. The number of carbonyl (C=O) groups excluding carboxylic acids is 1. The van der Waals surface area contributed by atoms with Gasteiger partial charge in [-0.3, -0.25) is 14.0 Å². The number of anilines is 1. The number of sulfonamides is 1. The molecule has 1 amide bonds. The van der Waals surface area contributed by atoms with E-state index in [1.54, 1.807) is 37.3 Å². The van der Waals surface area contributed by atoms with E-state index in [4.69, 9.17) is 4.74 Å². The minimum Gasteiger partial charge on any atom is -0.379 e. The van der Waals surface area contributed by atoms with E-state index in [1.807, 2.05) is 12.1 Å². The second kappa shape index (κ2) is 10.1. The van der Waals surface area contributed by atoms with Crippen LogP contribution in [0.1, 0.15) is 18.1 Å². The molecule has 1 unspecified atom stereocenters. The number of nitrogens with one attached hydrogen (secondary N) is 1. The molecule has 1 saturated heterocycles. The summed E-state index contributed by atoms with van der Waals surface area (Å²) in [6.45, 7) is 6.24. The Morgan fingerprint density at radius 2 is 1.67 bits per heavy atom. The standard InChI is InChI=1S/C22H29N3O4S/c1-18(25(30(2,27)28)21-6-4-3-5-7-21)22(26)23-16-19-8-10-20(11-9-19)17-24-12-14-29-15-13-24/h3-11,18H,12-17H2,1-2H3,(H,23,26). The van der Waals surface area contributed by atoms with Gasteiger partial charge in [0.25, 0.3) is 0 Å². The molecule has 1 atom stereocenters. The number of carbonyl (C=O) groups is 1. The predicted molar refractivity (Wildman–Crippen MR) is 118 cm³/mol. The van der Waals surface area contributed by atoms with Crippen LogP contribution in [0.4, 0.5) is 5.69 Å². The number of ether oxygens (including phenoxy) is 1. The highest BCUT2D eigenvalue weighted by molar-refractivity contribution is 7.92. The highest BCUT2D eigenvalue weighted by Crippen LogP contribution is 2.20. The third kappa shape index (κ3) is 6.04. The summed E-state index contributed by atoms with van der Waals surface area (Å²) >= 11 is 0. The first kappa shape index (κ1) is 22.3. The molecule has 2 aromatic rings. The van der Waals surface area contributed by atoms with Crippen LogP contribution in [-0.2, 0) is 32.6 Å². The molecule has 3 rings (SSSR count). The minimum absolute atomic E-state index is 0.341. The first-order valence-electron chi connectivity index (χ1n) is 10.0. The molecule has 1 aliphatic rings. The van der Waals surface area contributed by atoms with Crippen molar-refractivity contribution in [3.63, 3.8) is 0 Å². The molecular formula is C22H29N3O4S. The predicted octanol–water partition coefficient (Wildman–Crippen LogP) is 1.99. The maximum absolute atomic E-state index is 12.7. The van der Waals surface area contributed by atoms with Crippen LogP contribution >= 0.6 is 0 Å². The second-order valence-corrected chi connectivity index (χ2v) is 9.35. The summed E-state index contributed by atoms with van der Waals surface area (Å²) in [5.41, 5.74) is 2.65. The van der Waals surface area contributed by atoms with Crippen molar-refractivity contribution in [2.24, 2.45) is 0 Å². The number of amides is 1. The smallest absolute Gasteiger partial charge is 0.243 e. The summed E-state index contributed by atoms with van der Waals surface area (Å²) in [4.78, 5) is 15.0. The first-order valence-corrected chi connectivity index (χ1v) is 11.9. The molecule has 0 saturated carbocycles. The molecule has 2 aromatic carbocycles. The molecule has 0 bridgehead atoms. The summed E-state index contributed by atoms with van der Waals surface area (Å²) in [6, 6.07) is 15.9. The topological polar surface area (TPSA) is 79.0 Å². The van der Waals surface area contributed by atoms with Gasteiger partial charge < -0.3 is 10.1 Å². The lowest BCUT2D eigenvalue weighted by molar-refractivity contribution is -0.122. The summed E-state index contributed by atoms with van der Waals surface area (Å²) < 4.78 is 31.1. The third-order valence-electron chi connectivity index (χ3n) is 5.10. The normalized spacial score (nSPS) is 16.1. The van der Waals surface area contributed by atoms with Gasteiger partial charge in [0.15, 0.2) is 0 Å². The van der Waals surface area contributed by atoms with Crippen molar-refractivity contribution >= 4 is 21.6 Å². The fourth-order valence-electron chi connectivity index (χ4n) is 3.50. The van der Waals surface area contributed by atoms with Gasteiger partial charge in [0.1, 0.15) is 6.04 Å². The molecule has 0 spiro atoms. The monoisotopic (exact) mass is 431 g/mol. The zero-order valence-electron chi connectivity index (χ0n) is 17.5. The summed E-state index contributed by atoms with van der Waals surface area (Å²) in [7, 11) is -3.61. The van der Waals surface area contributed by atoms with Crippen LogP contribution in [0, 0.1) is 0 Å². The van der Waals surface area contributed by atoms with Gasteiger partial charge in [0, 0.05) is 26.2 Å². The largest absolute Gasteiger partial charge is 0.379 e. The van der Waals surface area contributed by atoms with Gasteiger partial charge >= 0.3 is 0 Å². The lowest BCUT2D eigenvalue weighted by Gasteiger charge is -2.28. The molecule has 7 nitrogen and oxygen atoms in total. The van der Waals surface area contributed by atoms with Crippen LogP contribution in [0.15, 0.2) is 54.6 Å². The van der Waals surface area contributed by atoms with E-state index in [2.05, 4.69) is 22.3 Å². The van der Waals surface area contributed by atoms with Crippen LogP contribution in [0.25, 0.3) is 0 Å². The van der Waals surface area contributed by atoms with Crippen LogP contribution in [-0.4, -0.2) is 57.8 Å². The Balaban J connectivity index is 1.58. The van der Waals surface area contributed by atoms with E-state index in [0.717, 1.165) is 49.0 Å². The maximum Gasteiger partial charge on any atom is 0.243 e. The Morgan fingerprint density at radius 3 is 2.27 bits per heavy atom. The fraction of sp³-hybridized carbons (Fsp3) is 0.409. The molecule has 8 heteroatoms. The number of hydrogen-bond acceptors (Lipinski definition) is 5. The van der Waals surface area contributed by atoms with E-state index >= 15 is 0 Å². The Labute approximate surface area is 178 Å². The number of morpholine rings is 1. The van der Waals surface area contributed by atoms with E-state index in [0.29, 0.717) is 12.2 Å². The van der Waals surface area contributed by atoms with Crippen molar-refractivity contribution in [2.45, 2.75) is 26.1 Å². The summed E-state index contributed by atoms with van der Waals surface area (Å²) in [5.74, 6) is -0.346. The molecule has 1 aliphatic heterocycles. The fourth-order valence-corrected chi connectivity index (χ4v) is 4.68. The molecule has 1 N–H and O–H groups in total. The van der Waals surface area contributed by atoms with Crippen molar-refractivity contribution in [1.29, 1.82) is 0 Å². The van der Waals surface area contributed by atoms with Gasteiger partial charge in [0.2, 0.25) is 15.9 Å². The molecule has 30 heavy (non-hydrogen) atoms. The van der Waals surface area contributed by atoms with Crippen LogP contribution in [0.3, 0.4) is 0 Å². The highest BCUT2D eigenvalue weighted by Gasteiger charge is 2.28. The molecule has 1 fully saturated rings. The zero-order chi connectivity index (χ0) is 21.6. The molecule has 162 valence electrons. The van der Waals surface area contributed by atoms with Crippen molar-refractivity contribution in [3.8, 4) is 0 Å². The maximum atomic E-state index is 12.7. The van der Waals surface area contributed by atoms with Gasteiger partial charge in [-0.05, 0) is 30.2 Å². The number of benzene rings is 2. The lowest BCUT2D eigenvalue weighted by atomic mass is 10.1. The van der Waals surface area contributed by atoms with Gasteiger partial charge in [-0.15, -0.1) is 0 Å². The van der Waals surface area contributed by atoms with E-state index in [-0.39, 0.29) is 5.91 Å². The Kier molecular flexibility index (Phi) is 7.47. The van der Waals surface area contributed by atoms with Crippen LogP contribution < -0.4 is 9.62 Å². The molecule has 0 radical (unpaired) electrons. The van der Waals surface area contributed by atoms with Gasteiger partial charge in [-0.2, -0.15) is 0 Å². The summed E-state index contributed by atoms with van der Waals surface area (Å²) in [5, 5.41) is 2.85. The molecular weight excluding hydrogens is 402 g/mol. The van der Waals surface area contributed by atoms with Crippen molar-refractivity contribution in [3.05, 3.63) is 65.7 Å². The zero-order valence-corrected chi connectivity index (χ0v) is 18.3. The van der Waals surface area contributed by atoms with Crippen molar-refractivity contribution in [2.75, 3.05) is 36.9 Å². The first-order chi connectivity index (χ1) is 14.3. The number of rotatable bonds is 8. The van der Waals surface area contributed by atoms with E-state index in [9.17, 15) is 13.2 Å². The van der Waals surface area contributed by atoms with Crippen molar-refractivity contribution in [1.82, 2.24) is 10.2 Å². The Bertz CT molecular complexity index is 927. The molecule has 1 heterocycles. The van der Waals surface area contributed by atoms with Gasteiger partial charge in [-0.25, -0.2) is 8.42 Å². The van der Waals surface area contributed by atoms with Crippen LogP contribution in [0.5, 0.6) is 0 Å². The van der Waals surface area contributed by atoms with E-state index < -0.39 is 16.1 Å². The summed E-state index contributed by atoms with van der Waals surface area (Å²) in [6.07, 6.45) is 1.11. The number of nitrogens with zero attached hydrogens (tertiary/aromatic N) is 2. The Morgan fingerprint density at radius 1 is 1.07 bits per heavy atom. The van der Waals surface area contributed by atoms with Crippen molar-refractivity contribution < 1.29 is 17.9 Å². The third-order valence-corrected chi connectivity index (χ3v) is 6.34. The van der Waals surface area contributed by atoms with Crippen LogP contribution in [0.2, 0.25) is 0 Å². The van der Waals surface area contributed by atoms with E-state index in [1.165, 1.54) is 5.56 Å². The number of para-hydroxylation sites is 1.